The van der Waals surface area contributed by atoms with E-state index in [0.717, 1.165) is 5.56 Å². The van der Waals surface area contributed by atoms with Crippen LogP contribution in [0.4, 0.5) is 0 Å². The van der Waals surface area contributed by atoms with Crippen molar-refractivity contribution in [1.82, 2.24) is 4.90 Å². The van der Waals surface area contributed by atoms with E-state index in [1.807, 2.05) is 18.2 Å². The van der Waals surface area contributed by atoms with Gasteiger partial charge in [-0.25, -0.2) is 0 Å². The van der Waals surface area contributed by atoms with E-state index >= 15 is 0 Å². The van der Waals surface area contributed by atoms with Gasteiger partial charge in [-0.3, -0.25) is 4.79 Å². The molecule has 2 rings (SSSR count). The number of hydrogen-bond acceptors (Lipinski definition) is 4. The summed E-state index contributed by atoms with van der Waals surface area (Å²) in [5.74, 6) is 1.70. The lowest BCUT2D eigenvalue weighted by Gasteiger charge is -2.19. The summed E-state index contributed by atoms with van der Waals surface area (Å²) < 4.78 is 16.7. The second-order valence-electron chi connectivity index (χ2n) is 5.30. The summed E-state index contributed by atoms with van der Waals surface area (Å²) in [6.07, 6.45) is 0. The first-order chi connectivity index (χ1) is 11.9. The normalized spacial score (nSPS) is 10.3. The zero-order chi connectivity index (χ0) is 18.4. The Morgan fingerprint density at radius 1 is 1.08 bits per heavy atom. The van der Waals surface area contributed by atoms with Gasteiger partial charge in [-0.1, -0.05) is 17.7 Å². The van der Waals surface area contributed by atoms with Crippen molar-refractivity contribution >= 4 is 33.4 Å². The van der Waals surface area contributed by atoms with E-state index in [2.05, 4.69) is 15.9 Å². The van der Waals surface area contributed by atoms with Crippen LogP contribution in [0.2, 0.25) is 5.02 Å². The molecule has 0 aliphatic heterocycles. The largest absolute Gasteiger partial charge is 0.493 e. The van der Waals surface area contributed by atoms with Gasteiger partial charge in [-0.05, 0) is 51.8 Å². The van der Waals surface area contributed by atoms with Gasteiger partial charge in [0.1, 0.15) is 5.75 Å². The minimum Gasteiger partial charge on any atom is -0.493 e. The zero-order valence-electron chi connectivity index (χ0n) is 14.2. The third kappa shape index (κ3) is 5.28. The molecule has 0 atom stereocenters. The topological polar surface area (TPSA) is 48.0 Å². The van der Waals surface area contributed by atoms with Crippen LogP contribution in [0, 0.1) is 0 Å². The number of carbonyl (C=O) groups excluding carboxylic acids is 1. The Bertz CT molecular complexity index is 754. The molecule has 0 saturated carbocycles. The molecule has 2 aromatic rings. The summed E-state index contributed by atoms with van der Waals surface area (Å²) in [6, 6.07) is 10.7. The molecule has 0 aliphatic carbocycles. The lowest BCUT2D eigenvalue weighted by atomic mass is 10.2. The van der Waals surface area contributed by atoms with Crippen molar-refractivity contribution in [2.75, 3.05) is 27.9 Å². The van der Waals surface area contributed by atoms with E-state index in [-0.39, 0.29) is 12.5 Å². The molecule has 0 aromatic heterocycles. The number of rotatable bonds is 7. The number of amides is 1. The highest BCUT2D eigenvalue weighted by Crippen LogP contribution is 2.29. The number of halogens is 2. The molecular weight excluding hydrogens is 410 g/mol. The van der Waals surface area contributed by atoms with Gasteiger partial charge < -0.3 is 19.1 Å². The highest BCUT2D eigenvalue weighted by molar-refractivity contribution is 9.10. The average Bonchev–Trinajstić information content (AvgIpc) is 2.60. The Balaban J connectivity index is 1.96. The molecule has 7 heteroatoms. The molecule has 0 saturated heterocycles. The summed E-state index contributed by atoms with van der Waals surface area (Å²) >= 11 is 9.24. The van der Waals surface area contributed by atoms with Crippen molar-refractivity contribution < 1.29 is 19.0 Å². The first kappa shape index (κ1) is 19.4. The number of likely N-dealkylation sites (N-methyl/N-ethyl adjacent to an activating group) is 1. The fourth-order valence-corrected chi connectivity index (χ4v) is 2.98. The standard InChI is InChI=1S/C18H19BrClNO4/c1-21(10-12-4-6-16(23-2)17(8-12)24-3)18(22)11-25-15-7-5-13(20)9-14(15)19/h4-9H,10-11H2,1-3H3. The molecule has 25 heavy (non-hydrogen) atoms. The lowest BCUT2D eigenvalue weighted by Crippen LogP contribution is -2.31. The molecule has 0 N–H and O–H groups in total. The van der Waals surface area contributed by atoms with Crippen molar-refractivity contribution in [1.29, 1.82) is 0 Å². The van der Waals surface area contributed by atoms with Crippen molar-refractivity contribution in [3.63, 3.8) is 0 Å². The number of benzene rings is 2. The first-order valence-corrected chi connectivity index (χ1v) is 8.64. The van der Waals surface area contributed by atoms with E-state index in [1.165, 1.54) is 0 Å². The minimum atomic E-state index is -0.142. The maximum Gasteiger partial charge on any atom is 0.260 e. The Hall–Kier alpha value is -1.92. The van der Waals surface area contributed by atoms with Gasteiger partial charge in [0.25, 0.3) is 5.91 Å². The van der Waals surface area contributed by atoms with Crippen LogP contribution >= 0.6 is 27.5 Å². The number of methoxy groups -OCH3 is 2. The van der Waals surface area contributed by atoms with Gasteiger partial charge in [0.2, 0.25) is 0 Å². The SMILES string of the molecule is COc1ccc(CN(C)C(=O)COc2ccc(Cl)cc2Br)cc1OC. The fraction of sp³-hybridized carbons (Fsp3) is 0.278. The predicted molar refractivity (Wildman–Crippen MR) is 101 cm³/mol. The monoisotopic (exact) mass is 427 g/mol. The van der Waals surface area contributed by atoms with Gasteiger partial charge in [-0.2, -0.15) is 0 Å². The zero-order valence-corrected chi connectivity index (χ0v) is 16.6. The van der Waals surface area contributed by atoms with Crippen molar-refractivity contribution in [3.8, 4) is 17.2 Å². The van der Waals surface area contributed by atoms with Crippen LogP contribution in [0.3, 0.4) is 0 Å². The van der Waals surface area contributed by atoms with E-state index in [4.69, 9.17) is 25.8 Å². The second kappa shape index (κ2) is 8.97. The molecule has 134 valence electrons. The second-order valence-corrected chi connectivity index (χ2v) is 6.59. The van der Waals surface area contributed by atoms with Crippen LogP contribution in [0.1, 0.15) is 5.56 Å². The van der Waals surface area contributed by atoms with Crippen molar-refractivity contribution in [2.24, 2.45) is 0 Å². The maximum absolute atomic E-state index is 12.3. The average molecular weight is 429 g/mol. The van der Waals surface area contributed by atoms with Gasteiger partial charge >= 0.3 is 0 Å². The van der Waals surface area contributed by atoms with Crippen LogP contribution in [0.5, 0.6) is 17.2 Å². The molecule has 0 fully saturated rings. The molecule has 2 aromatic carbocycles. The Kier molecular flexibility index (Phi) is 6.96. The molecule has 0 heterocycles. The molecule has 0 bridgehead atoms. The maximum atomic E-state index is 12.3. The van der Waals surface area contributed by atoms with Crippen molar-refractivity contribution in [2.45, 2.75) is 6.54 Å². The lowest BCUT2D eigenvalue weighted by molar-refractivity contribution is -0.132. The van der Waals surface area contributed by atoms with Crippen LogP contribution in [-0.2, 0) is 11.3 Å². The number of nitrogens with zero attached hydrogens (tertiary/aromatic N) is 1. The van der Waals surface area contributed by atoms with Crippen LogP contribution < -0.4 is 14.2 Å². The van der Waals surface area contributed by atoms with Crippen LogP contribution in [-0.4, -0.2) is 38.7 Å². The molecule has 0 spiro atoms. The van der Waals surface area contributed by atoms with Gasteiger partial charge in [0.15, 0.2) is 18.1 Å². The number of carbonyl (C=O) groups is 1. The summed E-state index contributed by atoms with van der Waals surface area (Å²) in [4.78, 5) is 13.9. The van der Waals surface area contributed by atoms with E-state index < -0.39 is 0 Å². The summed E-state index contributed by atoms with van der Waals surface area (Å²) in [7, 11) is 4.88. The van der Waals surface area contributed by atoms with Crippen LogP contribution in [0.15, 0.2) is 40.9 Å². The van der Waals surface area contributed by atoms with E-state index in [0.29, 0.717) is 33.3 Å². The van der Waals surface area contributed by atoms with Gasteiger partial charge in [0, 0.05) is 18.6 Å². The molecule has 0 radical (unpaired) electrons. The fourth-order valence-electron chi connectivity index (χ4n) is 2.18. The van der Waals surface area contributed by atoms with Crippen LogP contribution in [0.25, 0.3) is 0 Å². The summed E-state index contributed by atoms with van der Waals surface area (Å²) in [5, 5.41) is 0.594. The molecule has 5 nitrogen and oxygen atoms in total. The number of hydrogen-bond donors (Lipinski definition) is 0. The van der Waals surface area contributed by atoms with Gasteiger partial charge in [-0.15, -0.1) is 0 Å². The first-order valence-electron chi connectivity index (χ1n) is 7.47. The quantitative estimate of drug-likeness (QED) is 0.664. The summed E-state index contributed by atoms with van der Waals surface area (Å²) in [6.45, 7) is 0.369. The van der Waals surface area contributed by atoms with Gasteiger partial charge in [0.05, 0.1) is 18.7 Å². The Morgan fingerprint density at radius 3 is 2.40 bits per heavy atom. The Labute approximate surface area is 160 Å². The van der Waals surface area contributed by atoms with E-state index in [1.54, 1.807) is 44.4 Å². The predicted octanol–water partition coefficient (Wildman–Crippen LogP) is 4.16. The van der Waals surface area contributed by atoms with Crippen molar-refractivity contribution in [3.05, 3.63) is 51.5 Å². The smallest absolute Gasteiger partial charge is 0.260 e. The highest BCUT2D eigenvalue weighted by atomic mass is 79.9. The summed E-state index contributed by atoms with van der Waals surface area (Å²) in [5.41, 5.74) is 0.932. The third-order valence-electron chi connectivity index (χ3n) is 3.54. The molecule has 0 aliphatic rings. The minimum absolute atomic E-state index is 0.0655. The molecular formula is C18H19BrClNO4. The number of ether oxygens (including phenoxy) is 3. The highest BCUT2D eigenvalue weighted by Gasteiger charge is 2.13. The molecule has 1 amide bonds. The van der Waals surface area contributed by atoms with E-state index in [9.17, 15) is 4.79 Å². The third-order valence-corrected chi connectivity index (χ3v) is 4.39. The Morgan fingerprint density at radius 2 is 1.76 bits per heavy atom. The molecule has 0 unspecified atom stereocenters.